The van der Waals surface area contributed by atoms with Crippen LogP contribution in [0.1, 0.15) is 38.8 Å². The summed E-state index contributed by atoms with van der Waals surface area (Å²) in [4.78, 5) is 11.9. The van der Waals surface area contributed by atoms with Gasteiger partial charge in [-0.3, -0.25) is 4.79 Å². The number of amides is 1. The third kappa shape index (κ3) is 4.67. The Bertz CT molecular complexity index is 389. The van der Waals surface area contributed by atoms with Gasteiger partial charge in [0.05, 0.1) is 12.1 Å². The smallest absolute Gasteiger partial charge is 0.237 e. The Morgan fingerprint density at radius 1 is 1.28 bits per heavy atom. The fourth-order valence-electron chi connectivity index (χ4n) is 1.77. The predicted octanol–water partition coefficient (Wildman–Crippen LogP) is 2.89. The van der Waals surface area contributed by atoms with Crippen molar-refractivity contribution in [3.05, 3.63) is 34.9 Å². The van der Waals surface area contributed by atoms with Gasteiger partial charge in [-0.25, -0.2) is 0 Å². The third-order valence-electron chi connectivity index (χ3n) is 2.79. The number of nitrogens with one attached hydrogen (secondary N) is 1. The molecule has 3 N–H and O–H groups in total. The molecular formula is C14H21ClN2O. The van der Waals surface area contributed by atoms with E-state index in [0.717, 1.165) is 5.56 Å². The SMILES string of the molecule is CC(C)C[C@@H](N)C(=O)N[C@H](C)c1ccc(Cl)cc1. The average molecular weight is 269 g/mol. The van der Waals surface area contributed by atoms with Gasteiger partial charge in [0, 0.05) is 5.02 Å². The van der Waals surface area contributed by atoms with E-state index in [1.807, 2.05) is 31.2 Å². The molecule has 1 aromatic rings. The lowest BCUT2D eigenvalue weighted by molar-refractivity contribution is -0.123. The van der Waals surface area contributed by atoms with Crippen molar-refractivity contribution in [2.45, 2.75) is 39.3 Å². The van der Waals surface area contributed by atoms with Crippen LogP contribution in [0.3, 0.4) is 0 Å². The lowest BCUT2D eigenvalue weighted by atomic mass is 10.0. The van der Waals surface area contributed by atoms with Crippen LogP contribution >= 0.6 is 11.6 Å². The molecule has 0 aromatic heterocycles. The van der Waals surface area contributed by atoms with Crippen LogP contribution in [-0.2, 0) is 4.79 Å². The molecule has 1 aromatic carbocycles. The molecule has 0 aliphatic heterocycles. The largest absolute Gasteiger partial charge is 0.348 e. The van der Waals surface area contributed by atoms with Gasteiger partial charge in [0.1, 0.15) is 0 Å². The maximum atomic E-state index is 11.9. The molecule has 0 radical (unpaired) electrons. The summed E-state index contributed by atoms with van der Waals surface area (Å²) in [6.45, 7) is 6.04. The number of carbonyl (C=O) groups is 1. The van der Waals surface area contributed by atoms with Gasteiger partial charge < -0.3 is 11.1 Å². The molecule has 4 heteroatoms. The van der Waals surface area contributed by atoms with Crippen molar-refractivity contribution in [1.82, 2.24) is 5.32 Å². The minimum atomic E-state index is -0.445. The molecule has 0 aliphatic carbocycles. The summed E-state index contributed by atoms with van der Waals surface area (Å²) in [7, 11) is 0. The summed E-state index contributed by atoms with van der Waals surface area (Å²) < 4.78 is 0. The number of rotatable bonds is 5. The minimum Gasteiger partial charge on any atom is -0.348 e. The molecule has 18 heavy (non-hydrogen) atoms. The number of nitrogens with two attached hydrogens (primary N) is 1. The summed E-state index contributed by atoms with van der Waals surface area (Å²) in [5.74, 6) is 0.308. The van der Waals surface area contributed by atoms with E-state index in [2.05, 4.69) is 19.2 Å². The van der Waals surface area contributed by atoms with Crippen molar-refractivity contribution in [3.8, 4) is 0 Å². The first-order chi connectivity index (χ1) is 8.40. The Morgan fingerprint density at radius 3 is 2.33 bits per heavy atom. The van der Waals surface area contributed by atoms with E-state index in [1.54, 1.807) is 0 Å². The van der Waals surface area contributed by atoms with E-state index in [-0.39, 0.29) is 11.9 Å². The van der Waals surface area contributed by atoms with Gasteiger partial charge in [0.2, 0.25) is 5.91 Å². The maximum absolute atomic E-state index is 11.9. The molecule has 0 unspecified atom stereocenters. The normalized spacial score (nSPS) is 14.3. The third-order valence-corrected chi connectivity index (χ3v) is 3.04. The number of hydrogen-bond acceptors (Lipinski definition) is 2. The molecule has 2 atom stereocenters. The number of halogens is 1. The molecular weight excluding hydrogens is 248 g/mol. The van der Waals surface area contributed by atoms with Gasteiger partial charge in [-0.2, -0.15) is 0 Å². The average Bonchev–Trinajstić information content (AvgIpc) is 2.28. The van der Waals surface area contributed by atoms with E-state index < -0.39 is 6.04 Å². The van der Waals surface area contributed by atoms with Crippen molar-refractivity contribution >= 4 is 17.5 Å². The zero-order valence-corrected chi connectivity index (χ0v) is 11.9. The Hall–Kier alpha value is -1.06. The summed E-state index contributed by atoms with van der Waals surface area (Å²) in [5.41, 5.74) is 6.85. The predicted molar refractivity (Wildman–Crippen MR) is 75.4 cm³/mol. The molecule has 0 spiro atoms. The summed E-state index contributed by atoms with van der Waals surface area (Å²) in [6.07, 6.45) is 0.694. The van der Waals surface area contributed by atoms with E-state index in [1.165, 1.54) is 0 Å². The van der Waals surface area contributed by atoms with E-state index >= 15 is 0 Å². The first-order valence-corrected chi connectivity index (χ1v) is 6.59. The summed E-state index contributed by atoms with van der Waals surface area (Å²) in [5, 5.41) is 3.60. The Kier molecular flexibility index (Phi) is 5.63. The molecule has 0 aliphatic rings. The highest BCUT2D eigenvalue weighted by Gasteiger charge is 2.17. The summed E-state index contributed by atoms with van der Waals surface area (Å²) >= 11 is 5.82. The first-order valence-electron chi connectivity index (χ1n) is 6.21. The van der Waals surface area contributed by atoms with Crippen molar-refractivity contribution in [1.29, 1.82) is 0 Å². The number of carbonyl (C=O) groups excluding carboxylic acids is 1. The van der Waals surface area contributed by atoms with Crippen molar-refractivity contribution in [2.24, 2.45) is 11.7 Å². The van der Waals surface area contributed by atoms with E-state index in [9.17, 15) is 4.79 Å². The highest BCUT2D eigenvalue weighted by atomic mass is 35.5. The lowest BCUT2D eigenvalue weighted by Crippen LogP contribution is -2.42. The number of benzene rings is 1. The van der Waals surface area contributed by atoms with Crippen LogP contribution in [-0.4, -0.2) is 11.9 Å². The molecule has 0 bridgehead atoms. The Balaban J connectivity index is 2.56. The Morgan fingerprint density at radius 2 is 1.83 bits per heavy atom. The van der Waals surface area contributed by atoms with E-state index in [4.69, 9.17) is 17.3 Å². The lowest BCUT2D eigenvalue weighted by Gasteiger charge is -2.19. The van der Waals surface area contributed by atoms with Gasteiger partial charge >= 0.3 is 0 Å². The molecule has 100 valence electrons. The molecule has 1 rings (SSSR count). The van der Waals surface area contributed by atoms with Crippen LogP contribution < -0.4 is 11.1 Å². The highest BCUT2D eigenvalue weighted by molar-refractivity contribution is 6.30. The van der Waals surface area contributed by atoms with Crippen molar-refractivity contribution < 1.29 is 4.79 Å². The maximum Gasteiger partial charge on any atom is 0.237 e. The molecule has 0 saturated heterocycles. The second kappa shape index (κ2) is 6.76. The van der Waals surface area contributed by atoms with Crippen LogP contribution in [0.5, 0.6) is 0 Å². The molecule has 1 amide bonds. The minimum absolute atomic E-state index is 0.0621. The quantitative estimate of drug-likeness (QED) is 0.863. The summed E-state index contributed by atoms with van der Waals surface area (Å²) in [6, 6.07) is 6.93. The van der Waals surface area contributed by atoms with Gasteiger partial charge in [0.15, 0.2) is 0 Å². The van der Waals surface area contributed by atoms with Gasteiger partial charge in [-0.15, -0.1) is 0 Å². The zero-order valence-electron chi connectivity index (χ0n) is 11.1. The van der Waals surface area contributed by atoms with Gasteiger partial charge in [0.25, 0.3) is 0 Å². The standard InChI is InChI=1S/C14H21ClN2O/c1-9(2)8-13(16)14(18)17-10(3)11-4-6-12(15)7-5-11/h4-7,9-10,13H,8,16H2,1-3H3,(H,17,18)/t10-,13-/m1/s1. The fraction of sp³-hybridized carbons (Fsp3) is 0.500. The first kappa shape index (κ1) is 15.0. The zero-order chi connectivity index (χ0) is 13.7. The van der Waals surface area contributed by atoms with Crippen LogP contribution in [0.2, 0.25) is 5.02 Å². The molecule has 0 fully saturated rings. The monoisotopic (exact) mass is 268 g/mol. The fourth-order valence-corrected chi connectivity index (χ4v) is 1.90. The van der Waals surface area contributed by atoms with Gasteiger partial charge in [-0.1, -0.05) is 37.6 Å². The second-order valence-corrected chi connectivity index (χ2v) is 5.45. The Labute approximate surface area is 114 Å². The van der Waals surface area contributed by atoms with Gasteiger partial charge in [-0.05, 0) is 37.0 Å². The molecule has 0 heterocycles. The van der Waals surface area contributed by atoms with Crippen LogP contribution in [0.25, 0.3) is 0 Å². The number of hydrogen-bond donors (Lipinski definition) is 2. The van der Waals surface area contributed by atoms with E-state index in [0.29, 0.717) is 17.4 Å². The topological polar surface area (TPSA) is 55.1 Å². The highest BCUT2D eigenvalue weighted by Crippen LogP contribution is 2.16. The molecule has 3 nitrogen and oxygen atoms in total. The van der Waals surface area contributed by atoms with Crippen LogP contribution in [0.4, 0.5) is 0 Å². The molecule has 0 saturated carbocycles. The second-order valence-electron chi connectivity index (χ2n) is 5.02. The van der Waals surface area contributed by atoms with Crippen molar-refractivity contribution in [2.75, 3.05) is 0 Å². The van der Waals surface area contributed by atoms with Crippen LogP contribution in [0.15, 0.2) is 24.3 Å². The van der Waals surface area contributed by atoms with Crippen LogP contribution in [0, 0.1) is 5.92 Å². The van der Waals surface area contributed by atoms with Crippen molar-refractivity contribution in [3.63, 3.8) is 0 Å².